The summed E-state index contributed by atoms with van der Waals surface area (Å²) in [5.74, 6) is 0. The highest BCUT2D eigenvalue weighted by molar-refractivity contribution is 5.51. The van der Waals surface area contributed by atoms with Crippen molar-refractivity contribution >= 4 is 5.69 Å². The average Bonchev–Trinajstić information content (AvgIpc) is 2.78. The largest absolute Gasteiger partial charge is 0.391 e. The van der Waals surface area contributed by atoms with Crippen LogP contribution in [0.15, 0.2) is 18.2 Å². The van der Waals surface area contributed by atoms with Crippen LogP contribution in [0.5, 0.6) is 0 Å². The van der Waals surface area contributed by atoms with Crippen LogP contribution in [0.4, 0.5) is 5.69 Å². The molecule has 1 heterocycles. The van der Waals surface area contributed by atoms with E-state index in [4.69, 9.17) is 0 Å². The maximum atomic E-state index is 9.58. The third-order valence-corrected chi connectivity index (χ3v) is 3.60. The van der Waals surface area contributed by atoms with Gasteiger partial charge in [0.2, 0.25) is 0 Å². The summed E-state index contributed by atoms with van der Waals surface area (Å²) >= 11 is 0. The summed E-state index contributed by atoms with van der Waals surface area (Å²) in [5.41, 5.74) is 3.94. The molecule has 3 nitrogen and oxygen atoms in total. The molecule has 0 aromatic heterocycles. The number of hydrogen-bond acceptors (Lipinski definition) is 3. The van der Waals surface area contributed by atoms with Gasteiger partial charge >= 0.3 is 0 Å². The van der Waals surface area contributed by atoms with E-state index >= 15 is 0 Å². The van der Waals surface area contributed by atoms with Crippen molar-refractivity contribution in [2.24, 2.45) is 0 Å². The fourth-order valence-electron chi connectivity index (χ4n) is 2.45. The Morgan fingerprint density at radius 3 is 2.89 bits per heavy atom. The second kappa shape index (κ2) is 6.21. The van der Waals surface area contributed by atoms with Gasteiger partial charge in [0.05, 0.1) is 6.10 Å². The standard InChI is InChI=1S/C15H24N2O/c1-3-7-16-10-13-4-5-14(9-12(13)2)17-8-6-15(18)11-17/h4-5,9,15-16,18H,3,6-8,10-11H2,1-2H3. The molecule has 0 radical (unpaired) electrons. The van der Waals surface area contributed by atoms with Gasteiger partial charge in [-0.3, -0.25) is 0 Å². The Balaban J connectivity index is 2.00. The SMILES string of the molecule is CCCNCc1ccc(N2CCC(O)C2)cc1C. The number of rotatable bonds is 5. The second-order valence-electron chi connectivity index (χ2n) is 5.18. The molecule has 100 valence electrons. The third-order valence-electron chi connectivity index (χ3n) is 3.60. The third kappa shape index (κ3) is 3.24. The number of aliphatic hydroxyl groups excluding tert-OH is 1. The van der Waals surface area contributed by atoms with Crippen LogP contribution in [0.1, 0.15) is 30.9 Å². The number of nitrogens with one attached hydrogen (secondary N) is 1. The van der Waals surface area contributed by atoms with Gasteiger partial charge in [-0.1, -0.05) is 13.0 Å². The van der Waals surface area contributed by atoms with E-state index in [1.807, 2.05) is 0 Å². The van der Waals surface area contributed by atoms with Crippen LogP contribution in [0.25, 0.3) is 0 Å². The molecule has 0 amide bonds. The van der Waals surface area contributed by atoms with E-state index in [1.54, 1.807) is 0 Å². The molecule has 1 fully saturated rings. The number of aryl methyl sites for hydroxylation is 1. The first-order valence-corrected chi connectivity index (χ1v) is 6.94. The van der Waals surface area contributed by atoms with E-state index < -0.39 is 0 Å². The summed E-state index contributed by atoms with van der Waals surface area (Å²) in [6.45, 7) is 8.10. The molecule has 3 heteroatoms. The summed E-state index contributed by atoms with van der Waals surface area (Å²) < 4.78 is 0. The highest BCUT2D eigenvalue weighted by Gasteiger charge is 2.20. The van der Waals surface area contributed by atoms with Crippen molar-refractivity contribution < 1.29 is 5.11 Å². The molecule has 1 aliphatic heterocycles. The first-order chi connectivity index (χ1) is 8.70. The number of benzene rings is 1. The Hall–Kier alpha value is -1.06. The lowest BCUT2D eigenvalue weighted by atomic mass is 10.1. The summed E-state index contributed by atoms with van der Waals surface area (Å²) in [6.07, 6.45) is 1.90. The molecule has 1 aromatic rings. The van der Waals surface area contributed by atoms with Gasteiger partial charge in [-0.25, -0.2) is 0 Å². The maximum Gasteiger partial charge on any atom is 0.0731 e. The minimum atomic E-state index is -0.156. The lowest BCUT2D eigenvalue weighted by molar-refractivity contribution is 0.198. The normalized spacial score (nSPS) is 19.5. The van der Waals surface area contributed by atoms with Crippen LogP contribution in [0, 0.1) is 6.92 Å². The fraction of sp³-hybridized carbons (Fsp3) is 0.600. The molecular formula is C15H24N2O. The first kappa shape index (κ1) is 13.4. The van der Waals surface area contributed by atoms with Gasteiger partial charge in [0.25, 0.3) is 0 Å². The number of anilines is 1. The predicted molar refractivity (Wildman–Crippen MR) is 76.0 cm³/mol. The molecule has 0 aliphatic carbocycles. The molecular weight excluding hydrogens is 224 g/mol. The van der Waals surface area contributed by atoms with E-state index in [1.165, 1.54) is 23.2 Å². The van der Waals surface area contributed by atoms with Crippen molar-refractivity contribution in [2.45, 2.75) is 39.3 Å². The quantitative estimate of drug-likeness (QED) is 0.783. The zero-order chi connectivity index (χ0) is 13.0. The summed E-state index contributed by atoms with van der Waals surface area (Å²) in [4.78, 5) is 2.26. The average molecular weight is 248 g/mol. The van der Waals surface area contributed by atoms with Gasteiger partial charge in [0.15, 0.2) is 0 Å². The van der Waals surface area contributed by atoms with Crippen molar-refractivity contribution in [3.8, 4) is 0 Å². The Bertz CT molecular complexity index is 392. The van der Waals surface area contributed by atoms with Gasteiger partial charge in [0.1, 0.15) is 0 Å². The summed E-state index contributed by atoms with van der Waals surface area (Å²) in [5, 5.41) is 13.0. The minimum absolute atomic E-state index is 0.156. The lowest BCUT2D eigenvalue weighted by Gasteiger charge is -2.19. The van der Waals surface area contributed by atoms with Crippen molar-refractivity contribution in [3.63, 3.8) is 0 Å². The zero-order valence-electron chi connectivity index (χ0n) is 11.4. The zero-order valence-corrected chi connectivity index (χ0v) is 11.4. The van der Waals surface area contributed by atoms with E-state index in [-0.39, 0.29) is 6.10 Å². The van der Waals surface area contributed by atoms with Crippen molar-refractivity contribution in [1.82, 2.24) is 5.32 Å². The monoisotopic (exact) mass is 248 g/mol. The van der Waals surface area contributed by atoms with Crippen LogP contribution in [0.2, 0.25) is 0 Å². The molecule has 18 heavy (non-hydrogen) atoms. The van der Waals surface area contributed by atoms with Crippen LogP contribution < -0.4 is 10.2 Å². The van der Waals surface area contributed by atoms with Gasteiger partial charge in [-0.05, 0) is 49.6 Å². The maximum absolute atomic E-state index is 9.58. The number of nitrogens with zero attached hydrogens (tertiary/aromatic N) is 1. The number of hydrogen-bond donors (Lipinski definition) is 2. The van der Waals surface area contributed by atoms with Gasteiger partial charge in [-0.2, -0.15) is 0 Å². The van der Waals surface area contributed by atoms with E-state index in [0.29, 0.717) is 0 Å². The molecule has 1 unspecified atom stereocenters. The van der Waals surface area contributed by atoms with Crippen LogP contribution >= 0.6 is 0 Å². The van der Waals surface area contributed by atoms with Gasteiger partial charge in [-0.15, -0.1) is 0 Å². The van der Waals surface area contributed by atoms with E-state index in [0.717, 1.165) is 32.6 Å². The van der Waals surface area contributed by atoms with Crippen LogP contribution in [-0.2, 0) is 6.54 Å². The Labute approximate surface area is 110 Å². The second-order valence-corrected chi connectivity index (χ2v) is 5.18. The van der Waals surface area contributed by atoms with Crippen molar-refractivity contribution in [1.29, 1.82) is 0 Å². The molecule has 1 atom stereocenters. The minimum Gasteiger partial charge on any atom is -0.391 e. The van der Waals surface area contributed by atoms with Crippen molar-refractivity contribution in [2.75, 3.05) is 24.5 Å². The molecule has 2 rings (SSSR count). The lowest BCUT2D eigenvalue weighted by Crippen LogP contribution is -2.21. The molecule has 0 spiro atoms. The van der Waals surface area contributed by atoms with E-state index in [2.05, 4.69) is 42.3 Å². The number of aliphatic hydroxyl groups is 1. The summed E-state index contributed by atoms with van der Waals surface area (Å²) in [7, 11) is 0. The fourth-order valence-corrected chi connectivity index (χ4v) is 2.45. The predicted octanol–water partition coefficient (Wildman–Crippen LogP) is 2.07. The van der Waals surface area contributed by atoms with Crippen LogP contribution in [0.3, 0.4) is 0 Å². The molecule has 1 aliphatic rings. The Morgan fingerprint density at radius 2 is 2.28 bits per heavy atom. The molecule has 1 saturated heterocycles. The van der Waals surface area contributed by atoms with Crippen molar-refractivity contribution in [3.05, 3.63) is 29.3 Å². The van der Waals surface area contributed by atoms with E-state index in [9.17, 15) is 5.11 Å². The molecule has 1 aromatic carbocycles. The van der Waals surface area contributed by atoms with Gasteiger partial charge < -0.3 is 15.3 Å². The molecule has 0 saturated carbocycles. The summed E-state index contributed by atoms with van der Waals surface area (Å²) in [6, 6.07) is 6.62. The molecule has 0 bridgehead atoms. The Morgan fingerprint density at radius 1 is 1.44 bits per heavy atom. The number of β-amino-alcohol motifs (C(OH)–C–C–N with tert-alkyl or cyclic N) is 1. The van der Waals surface area contributed by atoms with Crippen LogP contribution in [-0.4, -0.2) is 30.8 Å². The van der Waals surface area contributed by atoms with Gasteiger partial charge in [0, 0.05) is 25.3 Å². The highest BCUT2D eigenvalue weighted by atomic mass is 16.3. The smallest absolute Gasteiger partial charge is 0.0731 e. The molecule has 2 N–H and O–H groups in total. The highest BCUT2D eigenvalue weighted by Crippen LogP contribution is 2.23. The topological polar surface area (TPSA) is 35.5 Å². The Kier molecular flexibility index (Phi) is 4.61. The first-order valence-electron chi connectivity index (χ1n) is 6.94.